The molecule has 0 radical (unpaired) electrons. The van der Waals surface area contributed by atoms with Crippen LogP contribution in [0.25, 0.3) is 0 Å². The molecule has 4 N–H and O–H groups in total. The molecule has 7 nitrogen and oxygen atoms in total. The van der Waals surface area contributed by atoms with Crippen molar-refractivity contribution in [1.82, 2.24) is 0 Å². The van der Waals surface area contributed by atoms with Crippen LogP contribution >= 0.6 is 0 Å². The van der Waals surface area contributed by atoms with Crippen molar-refractivity contribution in [3.05, 3.63) is 64.2 Å². The van der Waals surface area contributed by atoms with E-state index in [9.17, 15) is 20.4 Å². The largest absolute Gasteiger partial charge is 0.488 e. The molecule has 2 aliphatic heterocycles. The molecular formula is C26H34O7. The van der Waals surface area contributed by atoms with Crippen LogP contribution in [0.15, 0.2) is 36.4 Å². The van der Waals surface area contributed by atoms with Crippen LogP contribution in [0.1, 0.15) is 47.3 Å². The van der Waals surface area contributed by atoms with Gasteiger partial charge < -0.3 is 34.6 Å². The van der Waals surface area contributed by atoms with Crippen molar-refractivity contribution in [2.24, 2.45) is 0 Å². The highest BCUT2D eigenvalue weighted by molar-refractivity contribution is 5.46. The van der Waals surface area contributed by atoms with Crippen LogP contribution in [0, 0.1) is 6.92 Å². The molecule has 0 bridgehead atoms. The molecular weight excluding hydrogens is 424 g/mol. The van der Waals surface area contributed by atoms with Crippen molar-refractivity contribution >= 4 is 0 Å². The Morgan fingerprint density at radius 1 is 1.00 bits per heavy atom. The summed E-state index contributed by atoms with van der Waals surface area (Å²) in [5.74, 6) is 0.553. The molecule has 180 valence electrons. The Bertz CT molecular complexity index is 921. The van der Waals surface area contributed by atoms with Crippen molar-refractivity contribution in [3.63, 3.8) is 0 Å². The summed E-state index contributed by atoms with van der Waals surface area (Å²) in [6.45, 7) is 4.78. The Hall–Kier alpha value is -2.00. The quantitative estimate of drug-likeness (QED) is 0.501. The third-order valence-corrected chi connectivity index (χ3v) is 6.67. The van der Waals surface area contributed by atoms with E-state index in [0.717, 1.165) is 29.5 Å². The second-order valence-electron chi connectivity index (χ2n) is 9.02. The highest BCUT2D eigenvalue weighted by atomic mass is 16.6. The van der Waals surface area contributed by atoms with E-state index in [1.165, 1.54) is 5.56 Å². The van der Waals surface area contributed by atoms with Gasteiger partial charge in [-0.1, -0.05) is 31.2 Å². The summed E-state index contributed by atoms with van der Waals surface area (Å²) in [7, 11) is 0. The molecule has 0 aliphatic carbocycles. The summed E-state index contributed by atoms with van der Waals surface area (Å²) < 4.78 is 17.5. The van der Waals surface area contributed by atoms with Gasteiger partial charge in [-0.3, -0.25) is 0 Å². The van der Waals surface area contributed by atoms with Gasteiger partial charge in [0, 0.05) is 12.0 Å². The average Bonchev–Trinajstić information content (AvgIpc) is 3.33. The zero-order valence-electron chi connectivity index (χ0n) is 19.2. The number of hydrogen-bond acceptors (Lipinski definition) is 7. The standard InChI is InChI=1S/C26H34O7/c1-3-16-4-6-17(7-5-16)11-18-12-20(21(10-15(18)2)32-19-8-9-31-14-19)26-25(30)24(29)23(28)22(13-27)33-26/h4-7,10,12,19,22-30H,3,8-9,11,13-14H2,1-2H3/t19?,22-,23-,24+,25-,26+/m1/s1. The fraction of sp³-hybridized carbons (Fsp3) is 0.538. The molecule has 1 unspecified atom stereocenters. The molecule has 33 heavy (non-hydrogen) atoms. The average molecular weight is 459 g/mol. The van der Waals surface area contributed by atoms with Gasteiger partial charge in [-0.2, -0.15) is 0 Å². The topological polar surface area (TPSA) is 109 Å². The Morgan fingerprint density at radius 3 is 2.36 bits per heavy atom. The molecule has 2 heterocycles. The van der Waals surface area contributed by atoms with E-state index in [1.54, 1.807) is 0 Å². The van der Waals surface area contributed by atoms with Gasteiger partial charge in [0.2, 0.25) is 0 Å². The van der Waals surface area contributed by atoms with Crippen molar-refractivity contribution in [1.29, 1.82) is 0 Å². The van der Waals surface area contributed by atoms with E-state index in [0.29, 0.717) is 30.9 Å². The van der Waals surface area contributed by atoms with Gasteiger partial charge in [-0.05, 0) is 54.2 Å². The van der Waals surface area contributed by atoms with Crippen LogP contribution < -0.4 is 4.74 Å². The van der Waals surface area contributed by atoms with E-state index in [-0.39, 0.29) is 6.10 Å². The van der Waals surface area contributed by atoms with Gasteiger partial charge in [0.05, 0.1) is 19.8 Å². The monoisotopic (exact) mass is 458 g/mol. The minimum absolute atomic E-state index is 0.111. The first-order valence-corrected chi connectivity index (χ1v) is 11.7. The van der Waals surface area contributed by atoms with E-state index in [1.807, 2.05) is 19.1 Å². The number of aliphatic hydroxyl groups is 4. The zero-order valence-corrected chi connectivity index (χ0v) is 19.2. The first kappa shape index (κ1) is 24.1. The molecule has 0 aromatic heterocycles. The number of aryl methyl sites for hydroxylation is 2. The SMILES string of the molecule is CCc1ccc(Cc2cc([C@@H]3O[C@H](CO)[C@@H](O)[C@H](O)[C@H]3O)c(OC3CCOC3)cc2C)cc1. The van der Waals surface area contributed by atoms with E-state index >= 15 is 0 Å². The van der Waals surface area contributed by atoms with Crippen LogP contribution in [0.5, 0.6) is 5.75 Å². The van der Waals surface area contributed by atoms with Gasteiger partial charge in [0.25, 0.3) is 0 Å². The van der Waals surface area contributed by atoms with E-state index in [4.69, 9.17) is 14.2 Å². The highest BCUT2D eigenvalue weighted by Gasteiger charge is 2.45. The fourth-order valence-electron chi connectivity index (χ4n) is 4.52. The fourth-order valence-corrected chi connectivity index (χ4v) is 4.52. The predicted molar refractivity (Wildman–Crippen MR) is 122 cm³/mol. The van der Waals surface area contributed by atoms with Crippen LogP contribution in [0.2, 0.25) is 0 Å². The number of hydrogen-bond donors (Lipinski definition) is 4. The van der Waals surface area contributed by atoms with Crippen LogP contribution in [0.3, 0.4) is 0 Å². The Kier molecular flexibility index (Phi) is 7.69. The molecule has 0 amide bonds. The highest BCUT2D eigenvalue weighted by Crippen LogP contribution is 2.39. The molecule has 4 rings (SSSR count). The molecule has 2 aromatic rings. The number of aliphatic hydroxyl groups excluding tert-OH is 4. The summed E-state index contributed by atoms with van der Waals surface area (Å²) in [6, 6.07) is 12.4. The van der Waals surface area contributed by atoms with Crippen LogP contribution in [0.4, 0.5) is 0 Å². The lowest BCUT2D eigenvalue weighted by Gasteiger charge is -2.41. The lowest BCUT2D eigenvalue weighted by molar-refractivity contribution is -0.232. The maximum absolute atomic E-state index is 10.8. The van der Waals surface area contributed by atoms with E-state index < -0.39 is 37.1 Å². The second-order valence-corrected chi connectivity index (χ2v) is 9.02. The van der Waals surface area contributed by atoms with Crippen LogP contribution in [-0.2, 0) is 22.3 Å². The number of benzene rings is 2. The Balaban J connectivity index is 1.70. The van der Waals surface area contributed by atoms with Gasteiger partial charge in [0.15, 0.2) is 0 Å². The van der Waals surface area contributed by atoms with Crippen molar-refractivity contribution in [3.8, 4) is 5.75 Å². The number of rotatable bonds is 7. The van der Waals surface area contributed by atoms with Gasteiger partial charge >= 0.3 is 0 Å². The molecule has 0 spiro atoms. The smallest absolute Gasteiger partial charge is 0.126 e. The maximum Gasteiger partial charge on any atom is 0.126 e. The molecule has 0 saturated carbocycles. The summed E-state index contributed by atoms with van der Waals surface area (Å²) in [5.41, 5.74) is 5.11. The lowest BCUT2D eigenvalue weighted by Crippen LogP contribution is -2.55. The lowest BCUT2D eigenvalue weighted by atomic mass is 9.88. The summed E-state index contributed by atoms with van der Waals surface area (Å²) >= 11 is 0. The predicted octanol–water partition coefficient (Wildman–Crippen LogP) is 1.83. The Labute approximate surface area is 194 Å². The van der Waals surface area contributed by atoms with Crippen molar-refractivity contribution in [2.75, 3.05) is 19.8 Å². The van der Waals surface area contributed by atoms with Crippen molar-refractivity contribution in [2.45, 2.75) is 69.7 Å². The van der Waals surface area contributed by atoms with Gasteiger partial charge in [-0.15, -0.1) is 0 Å². The first-order valence-electron chi connectivity index (χ1n) is 11.7. The minimum Gasteiger partial charge on any atom is -0.488 e. The molecule has 6 atom stereocenters. The summed E-state index contributed by atoms with van der Waals surface area (Å²) in [5, 5.41) is 41.0. The van der Waals surface area contributed by atoms with Crippen LogP contribution in [-0.4, -0.2) is 70.8 Å². The molecule has 2 fully saturated rings. The summed E-state index contributed by atoms with van der Waals surface area (Å²) in [6.07, 6.45) is -3.85. The molecule has 2 aromatic carbocycles. The third-order valence-electron chi connectivity index (χ3n) is 6.67. The van der Waals surface area contributed by atoms with Gasteiger partial charge in [-0.25, -0.2) is 0 Å². The second kappa shape index (κ2) is 10.5. The molecule has 2 saturated heterocycles. The molecule has 7 heteroatoms. The number of ether oxygens (including phenoxy) is 3. The summed E-state index contributed by atoms with van der Waals surface area (Å²) in [4.78, 5) is 0. The van der Waals surface area contributed by atoms with E-state index in [2.05, 4.69) is 31.2 Å². The minimum atomic E-state index is -1.45. The third kappa shape index (κ3) is 5.24. The first-order chi connectivity index (χ1) is 15.9. The molecule has 2 aliphatic rings. The normalized spacial score (nSPS) is 29.9. The zero-order chi connectivity index (χ0) is 23.5. The Morgan fingerprint density at radius 2 is 1.73 bits per heavy atom. The van der Waals surface area contributed by atoms with Crippen molar-refractivity contribution < 1.29 is 34.6 Å². The van der Waals surface area contributed by atoms with Gasteiger partial charge in [0.1, 0.15) is 42.4 Å². The maximum atomic E-state index is 10.8.